The highest BCUT2D eigenvalue weighted by Gasteiger charge is 2.63. The second kappa shape index (κ2) is 16.9. The number of hydrogen-bond donors (Lipinski definition) is 8. The Morgan fingerprint density at radius 1 is 0.966 bits per heavy atom. The molecule has 8 atom stereocenters. The average Bonchev–Trinajstić information content (AvgIpc) is 3.72. The van der Waals surface area contributed by atoms with Gasteiger partial charge in [0.2, 0.25) is 6.29 Å². The highest BCUT2D eigenvalue weighted by Crippen LogP contribution is 2.58. The summed E-state index contributed by atoms with van der Waals surface area (Å²) in [4.78, 5) is 35.1. The van der Waals surface area contributed by atoms with E-state index in [1.807, 2.05) is 30.3 Å². The zero-order valence-electron chi connectivity index (χ0n) is 32.4. The fraction of sp³-hybridized carbons (Fsp3) is 0.477. The van der Waals surface area contributed by atoms with Gasteiger partial charge in [-0.15, -0.1) is 0 Å². The van der Waals surface area contributed by atoms with Crippen molar-refractivity contribution in [1.29, 1.82) is 0 Å². The van der Waals surface area contributed by atoms with Crippen LogP contribution in [0.3, 0.4) is 0 Å². The molecule has 2 spiro atoms. The summed E-state index contributed by atoms with van der Waals surface area (Å²) in [6.45, 7) is -1.08. The zero-order chi connectivity index (χ0) is 41.5. The highest BCUT2D eigenvalue weighted by molar-refractivity contribution is 8.77. The number of ether oxygens (including phenoxy) is 2. The molecule has 8 N–H and O–H groups in total. The normalized spacial score (nSPS) is 31.6. The van der Waals surface area contributed by atoms with Gasteiger partial charge in [0, 0.05) is 23.6 Å². The Morgan fingerprint density at radius 2 is 1.75 bits per heavy atom. The van der Waals surface area contributed by atoms with Gasteiger partial charge < -0.3 is 50.5 Å². The van der Waals surface area contributed by atoms with E-state index in [-0.39, 0.29) is 55.1 Å². The smallest absolute Gasteiger partial charge is 0.229 e. The molecule has 6 bridgehead atoms. The van der Waals surface area contributed by atoms with Crippen molar-refractivity contribution in [3.05, 3.63) is 112 Å². The molecule has 1 saturated carbocycles. The van der Waals surface area contributed by atoms with E-state index in [2.05, 4.69) is 10.3 Å². The summed E-state index contributed by atoms with van der Waals surface area (Å²) in [6.07, 6.45) is 1.94. The van der Waals surface area contributed by atoms with Crippen LogP contribution in [0.25, 0.3) is 0 Å². The van der Waals surface area contributed by atoms with Crippen LogP contribution in [0.1, 0.15) is 82.4 Å². The zero-order valence-corrected chi connectivity index (χ0v) is 34.0. The fourth-order valence-corrected chi connectivity index (χ4v) is 12.9. The maximum atomic E-state index is 15.6. The molecule has 8 rings (SSSR count). The minimum absolute atomic E-state index is 0.0316. The van der Waals surface area contributed by atoms with Crippen LogP contribution in [0.5, 0.6) is 5.75 Å². The molecule has 2 fully saturated rings. The standard InChI is InChI=1S/C44H50N2O11S2/c47-15-5-10-34-44-30(18-27(19-33(44)50)17-25-6-3-7-26(16-25)21-48)37(51)29-8-4-9-31(36(29)39(44)53)56-41-40(54)43(55,38(52)32(22-49)57-41)23-42(12-1-2-13-42)28-11-14-45-35(20-28)46-24-58-59-34/h3-4,6-9,11,14,16,18-20,30,32,34,38,40-41,47-50,52,54-55H,1-2,5,10,12-13,15,17,21-24H2,(H,45,46). The number of anilines is 1. The average molecular weight is 847 g/mol. The number of benzene rings is 2. The Morgan fingerprint density at radius 3 is 2.51 bits per heavy atom. The van der Waals surface area contributed by atoms with Crippen LogP contribution >= 0.6 is 21.6 Å². The molecule has 13 nitrogen and oxygen atoms in total. The van der Waals surface area contributed by atoms with Crippen LogP contribution in [0.2, 0.25) is 0 Å². The van der Waals surface area contributed by atoms with Crippen LogP contribution in [-0.4, -0.2) is 107 Å². The van der Waals surface area contributed by atoms with E-state index in [4.69, 9.17) is 9.47 Å². The number of ketones is 2. The molecule has 5 aliphatic rings. The first-order chi connectivity index (χ1) is 28.5. The lowest BCUT2D eigenvalue weighted by Gasteiger charge is -2.51. The Bertz CT molecular complexity index is 2140. The van der Waals surface area contributed by atoms with E-state index in [0.717, 1.165) is 24.0 Å². The molecule has 3 aliphatic carbocycles. The van der Waals surface area contributed by atoms with Gasteiger partial charge in [0.05, 0.1) is 30.6 Å². The van der Waals surface area contributed by atoms with Crippen molar-refractivity contribution >= 4 is 39.0 Å². The highest BCUT2D eigenvalue weighted by atomic mass is 33.1. The third-order valence-corrected chi connectivity index (χ3v) is 15.6. The van der Waals surface area contributed by atoms with E-state index < -0.39 is 70.4 Å². The lowest BCUT2D eigenvalue weighted by molar-refractivity contribution is -0.318. The number of Topliss-reactive ketones (excluding diaryl/α,β-unsaturated/α-hetero) is 2. The Kier molecular flexibility index (Phi) is 12.0. The van der Waals surface area contributed by atoms with Gasteiger partial charge in [-0.3, -0.25) is 9.59 Å². The van der Waals surface area contributed by atoms with Crippen LogP contribution in [0.4, 0.5) is 5.82 Å². The Balaban J connectivity index is 1.28. The van der Waals surface area contributed by atoms with Gasteiger partial charge in [-0.05, 0) is 90.5 Å². The van der Waals surface area contributed by atoms with Crippen LogP contribution < -0.4 is 10.1 Å². The van der Waals surface area contributed by atoms with Crippen molar-refractivity contribution in [3.63, 3.8) is 0 Å². The number of aromatic nitrogens is 1. The second-order valence-corrected chi connectivity index (χ2v) is 18.9. The number of carbonyl (C=O) groups excluding carboxylic acids is 2. The molecule has 0 radical (unpaired) electrons. The first kappa shape index (κ1) is 41.9. The van der Waals surface area contributed by atoms with E-state index in [1.165, 1.54) is 45.9 Å². The third-order valence-electron chi connectivity index (χ3n) is 12.9. The molecular weight excluding hydrogens is 797 g/mol. The number of aliphatic hydroxyl groups excluding tert-OH is 6. The number of aliphatic hydroxyl groups is 7. The molecule has 3 heterocycles. The number of fused-ring (bicyclic) bond motifs is 5. The van der Waals surface area contributed by atoms with E-state index in [1.54, 1.807) is 18.3 Å². The number of pyridine rings is 1. The van der Waals surface area contributed by atoms with Gasteiger partial charge in [-0.25, -0.2) is 4.98 Å². The summed E-state index contributed by atoms with van der Waals surface area (Å²) >= 11 is 0. The molecule has 314 valence electrons. The summed E-state index contributed by atoms with van der Waals surface area (Å²) in [5.41, 5.74) is -1.91. The summed E-state index contributed by atoms with van der Waals surface area (Å²) in [7, 11) is 2.72. The number of nitrogens with zero attached hydrogens (tertiary/aromatic N) is 1. The SMILES string of the molecule is O=C1c2cccc3c2C(=O)C2(C(O)=CC(Cc4cccc(CO)c4)=CC12)C(CCCO)SSCNc1cc(ccn1)C1(CCCC1)CC1(O)C(O)C(CO)OC(O3)C1O. The summed E-state index contributed by atoms with van der Waals surface area (Å²) in [6, 6.07) is 15.6. The molecule has 8 unspecified atom stereocenters. The van der Waals surface area contributed by atoms with Crippen molar-refractivity contribution < 1.29 is 54.8 Å². The topological polar surface area (TPSA) is 219 Å². The number of nitrogens with one attached hydrogen (secondary N) is 1. The van der Waals surface area contributed by atoms with Gasteiger partial charge in [-0.2, -0.15) is 0 Å². The number of hydrogen-bond acceptors (Lipinski definition) is 15. The summed E-state index contributed by atoms with van der Waals surface area (Å²) < 4.78 is 12.3. The largest absolute Gasteiger partial charge is 0.511 e. The predicted octanol–water partition coefficient (Wildman–Crippen LogP) is 4.54. The molecule has 0 amide bonds. The Hall–Kier alpha value is -3.77. The lowest BCUT2D eigenvalue weighted by atomic mass is 9.57. The van der Waals surface area contributed by atoms with Crippen LogP contribution in [0.15, 0.2) is 84.3 Å². The predicted molar refractivity (Wildman–Crippen MR) is 222 cm³/mol. The monoisotopic (exact) mass is 846 g/mol. The van der Waals surface area contributed by atoms with Crippen molar-refractivity contribution in [3.8, 4) is 5.75 Å². The fourth-order valence-electron chi connectivity index (χ4n) is 10.0. The van der Waals surface area contributed by atoms with Crippen molar-refractivity contribution in [1.82, 2.24) is 4.98 Å². The van der Waals surface area contributed by atoms with Crippen molar-refractivity contribution in [2.75, 3.05) is 24.4 Å². The summed E-state index contributed by atoms with van der Waals surface area (Å²) in [5, 5.41) is 81.4. The van der Waals surface area contributed by atoms with E-state index >= 15 is 4.79 Å². The number of carbonyl (C=O) groups is 2. The molecule has 2 aliphatic heterocycles. The molecule has 59 heavy (non-hydrogen) atoms. The van der Waals surface area contributed by atoms with Crippen molar-refractivity contribution in [2.24, 2.45) is 11.3 Å². The quantitative estimate of drug-likeness (QED) is 0.153. The van der Waals surface area contributed by atoms with Crippen molar-refractivity contribution in [2.45, 2.75) is 98.8 Å². The Labute approximate surface area is 350 Å². The molecule has 2 aromatic carbocycles. The lowest BCUT2D eigenvalue weighted by Crippen LogP contribution is -2.69. The maximum absolute atomic E-state index is 15.6. The van der Waals surface area contributed by atoms with E-state index in [9.17, 15) is 40.5 Å². The third kappa shape index (κ3) is 7.31. The van der Waals surface area contributed by atoms with Gasteiger partial charge in [0.15, 0.2) is 11.6 Å². The number of allylic oxidation sites excluding steroid dienone is 4. The minimum atomic E-state index is -2.26. The van der Waals surface area contributed by atoms with Gasteiger partial charge >= 0.3 is 0 Å². The first-order valence-corrected chi connectivity index (χ1v) is 22.5. The minimum Gasteiger partial charge on any atom is -0.511 e. The number of rotatable bonds is 7. The first-order valence-electron chi connectivity index (χ1n) is 20.1. The van der Waals surface area contributed by atoms with Gasteiger partial charge in [-0.1, -0.05) is 76.9 Å². The second-order valence-electron chi connectivity index (χ2n) is 16.4. The van der Waals surface area contributed by atoms with Gasteiger partial charge in [0.25, 0.3) is 0 Å². The molecule has 3 aromatic rings. The van der Waals surface area contributed by atoms with Crippen LogP contribution in [0, 0.1) is 11.3 Å². The molecule has 1 saturated heterocycles. The van der Waals surface area contributed by atoms with E-state index in [0.29, 0.717) is 42.1 Å². The van der Waals surface area contributed by atoms with Gasteiger partial charge in [0.1, 0.15) is 46.7 Å². The molecular formula is C44H50N2O11S2. The molecule has 1 aromatic heterocycles. The summed E-state index contributed by atoms with van der Waals surface area (Å²) in [5.74, 6) is -1.83. The van der Waals surface area contributed by atoms with Crippen LogP contribution in [-0.2, 0) is 23.2 Å². The maximum Gasteiger partial charge on any atom is 0.229 e. The molecule has 15 heteroatoms.